The van der Waals surface area contributed by atoms with Gasteiger partial charge < -0.3 is 16.0 Å². The van der Waals surface area contributed by atoms with E-state index < -0.39 is 0 Å². The molecule has 2 heterocycles. The van der Waals surface area contributed by atoms with Gasteiger partial charge in [-0.05, 0) is 57.0 Å². The second-order valence-electron chi connectivity index (χ2n) is 6.23. The molecule has 0 spiro atoms. The molecule has 1 unspecified atom stereocenters. The molecule has 0 saturated carbocycles. The fourth-order valence-electron chi connectivity index (χ4n) is 3.10. The first-order chi connectivity index (χ1) is 10.1. The minimum absolute atomic E-state index is 0.650. The number of nitrogens with one attached hydrogen (secondary N) is 1. The predicted octanol–water partition coefficient (Wildman–Crippen LogP) is 2.96. The maximum absolute atomic E-state index is 6.00. The summed E-state index contributed by atoms with van der Waals surface area (Å²) in [6, 6.07) is 8.69. The predicted molar refractivity (Wildman–Crippen MR) is 89.5 cm³/mol. The number of likely N-dealkylation sites (tertiary alicyclic amines) is 1. The summed E-state index contributed by atoms with van der Waals surface area (Å²) in [6.45, 7) is 7.96. The number of nitrogens with two attached hydrogens (primary N) is 1. The Morgan fingerprint density at radius 3 is 3.00 bits per heavy atom. The van der Waals surface area contributed by atoms with Gasteiger partial charge in [-0.2, -0.15) is 0 Å². The van der Waals surface area contributed by atoms with Crippen LogP contribution in [0.4, 0.5) is 11.4 Å². The van der Waals surface area contributed by atoms with Crippen molar-refractivity contribution in [1.82, 2.24) is 9.88 Å². The van der Waals surface area contributed by atoms with Crippen molar-refractivity contribution in [3.05, 3.63) is 30.5 Å². The number of aromatic nitrogens is 1. The third-order valence-corrected chi connectivity index (χ3v) is 4.43. The summed E-state index contributed by atoms with van der Waals surface area (Å²) in [5, 5.41) is 4.70. The largest absolute Gasteiger partial charge is 0.397 e. The van der Waals surface area contributed by atoms with Gasteiger partial charge in [-0.1, -0.05) is 0 Å². The fraction of sp³-hybridized carbons (Fsp3) is 0.471. The molecule has 3 N–H and O–H groups in total. The first kappa shape index (κ1) is 14.1. The number of benzene rings is 1. The molecule has 1 atom stereocenters. The van der Waals surface area contributed by atoms with Crippen LogP contribution in [0.15, 0.2) is 30.5 Å². The number of rotatable bonds is 4. The maximum Gasteiger partial charge on any atom is 0.0951 e. The van der Waals surface area contributed by atoms with Gasteiger partial charge in [0.15, 0.2) is 0 Å². The van der Waals surface area contributed by atoms with E-state index in [1.54, 1.807) is 6.20 Å². The molecule has 1 aromatic heterocycles. The van der Waals surface area contributed by atoms with E-state index in [1.807, 2.05) is 12.1 Å². The lowest BCUT2D eigenvalue weighted by molar-refractivity contribution is 0.266. The number of nitrogen functional groups attached to an aromatic ring is 1. The summed E-state index contributed by atoms with van der Waals surface area (Å²) >= 11 is 0. The fourth-order valence-corrected chi connectivity index (χ4v) is 3.10. The molecule has 3 rings (SSSR count). The summed E-state index contributed by atoms with van der Waals surface area (Å²) in [6.07, 6.45) is 3.07. The topological polar surface area (TPSA) is 54.2 Å². The van der Waals surface area contributed by atoms with E-state index in [0.29, 0.717) is 6.04 Å². The normalized spacial score (nSPS) is 19.5. The molecular weight excluding hydrogens is 260 g/mol. The minimum atomic E-state index is 0.650. The van der Waals surface area contributed by atoms with Crippen LogP contribution in [-0.2, 0) is 0 Å². The van der Waals surface area contributed by atoms with E-state index in [1.165, 1.54) is 19.5 Å². The summed E-state index contributed by atoms with van der Waals surface area (Å²) < 4.78 is 0. The van der Waals surface area contributed by atoms with Crippen molar-refractivity contribution < 1.29 is 0 Å². The molecule has 1 saturated heterocycles. The van der Waals surface area contributed by atoms with E-state index in [9.17, 15) is 0 Å². The van der Waals surface area contributed by atoms with Gasteiger partial charge in [-0.25, -0.2) is 0 Å². The molecule has 112 valence electrons. The lowest BCUT2D eigenvalue weighted by atomic mass is 10.1. The standard InChI is InChI=1S/C17H24N4/c1-12(2)21-9-7-13(11-21)10-20-16-6-5-15(18)17-14(16)4-3-8-19-17/h3-6,8,12-13,20H,7,9-11,18H2,1-2H3. The van der Waals surface area contributed by atoms with Crippen molar-refractivity contribution in [2.75, 3.05) is 30.7 Å². The van der Waals surface area contributed by atoms with Crippen LogP contribution < -0.4 is 11.1 Å². The highest BCUT2D eigenvalue weighted by atomic mass is 15.2. The molecule has 4 nitrogen and oxygen atoms in total. The number of pyridine rings is 1. The Hall–Kier alpha value is -1.81. The number of hydrogen-bond acceptors (Lipinski definition) is 4. The first-order valence-corrected chi connectivity index (χ1v) is 7.76. The van der Waals surface area contributed by atoms with Gasteiger partial charge in [0.1, 0.15) is 0 Å². The number of hydrogen-bond donors (Lipinski definition) is 2. The van der Waals surface area contributed by atoms with Crippen LogP contribution >= 0.6 is 0 Å². The average molecular weight is 284 g/mol. The second kappa shape index (κ2) is 5.90. The van der Waals surface area contributed by atoms with E-state index in [-0.39, 0.29) is 0 Å². The summed E-state index contributed by atoms with van der Waals surface area (Å²) in [5.41, 5.74) is 8.76. The Morgan fingerprint density at radius 1 is 1.38 bits per heavy atom. The van der Waals surface area contributed by atoms with Crippen molar-refractivity contribution >= 4 is 22.3 Å². The van der Waals surface area contributed by atoms with Crippen LogP contribution in [0.1, 0.15) is 20.3 Å². The van der Waals surface area contributed by atoms with Crippen LogP contribution in [0.2, 0.25) is 0 Å². The highest BCUT2D eigenvalue weighted by Gasteiger charge is 2.23. The highest BCUT2D eigenvalue weighted by molar-refractivity contribution is 5.98. The Labute approximate surface area is 126 Å². The summed E-state index contributed by atoms with van der Waals surface area (Å²) in [7, 11) is 0. The Kier molecular flexibility index (Phi) is 3.97. The van der Waals surface area contributed by atoms with Gasteiger partial charge in [-0.15, -0.1) is 0 Å². The molecule has 0 amide bonds. The van der Waals surface area contributed by atoms with Gasteiger partial charge in [0.25, 0.3) is 0 Å². The van der Waals surface area contributed by atoms with Gasteiger partial charge in [0.05, 0.1) is 11.2 Å². The number of fused-ring (bicyclic) bond motifs is 1. The quantitative estimate of drug-likeness (QED) is 0.848. The average Bonchev–Trinajstić information content (AvgIpc) is 2.96. The Balaban J connectivity index is 1.70. The highest BCUT2D eigenvalue weighted by Crippen LogP contribution is 2.27. The van der Waals surface area contributed by atoms with E-state index >= 15 is 0 Å². The lowest BCUT2D eigenvalue weighted by Crippen LogP contribution is -2.29. The van der Waals surface area contributed by atoms with Crippen molar-refractivity contribution in [3.8, 4) is 0 Å². The van der Waals surface area contributed by atoms with Crippen LogP contribution in [0.5, 0.6) is 0 Å². The van der Waals surface area contributed by atoms with Gasteiger partial charge in [0.2, 0.25) is 0 Å². The number of anilines is 2. The zero-order valence-corrected chi connectivity index (χ0v) is 12.8. The van der Waals surface area contributed by atoms with Gasteiger partial charge >= 0.3 is 0 Å². The maximum atomic E-state index is 6.00. The molecule has 0 bridgehead atoms. The van der Waals surface area contributed by atoms with Crippen molar-refractivity contribution in [2.24, 2.45) is 5.92 Å². The molecule has 21 heavy (non-hydrogen) atoms. The third-order valence-electron chi connectivity index (χ3n) is 4.43. The first-order valence-electron chi connectivity index (χ1n) is 7.76. The van der Waals surface area contributed by atoms with E-state index in [0.717, 1.165) is 34.7 Å². The third kappa shape index (κ3) is 2.95. The van der Waals surface area contributed by atoms with Gasteiger partial charge in [0, 0.05) is 36.4 Å². The van der Waals surface area contributed by atoms with Crippen molar-refractivity contribution in [2.45, 2.75) is 26.3 Å². The summed E-state index contributed by atoms with van der Waals surface area (Å²) in [4.78, 5) is 6.93. The molecule has 2 aromatic rings. The van der Waals surface area contributed by atoms with E-state index in [2.05, 4.69) is 41.2 Å². The van der Waals surface area contributed by atoms with Crippen molar-refractivity contribution in [3.63, 3.8) is 0 Å². The molecule has 1 fully saturated rings. The Bertz CT molecular complexity index is 623. The number of nitrogens with zero attached hydrogens (tertiary/aromatic N) is 2. The monoisotopic (exact) mass is 284 g/mol. The van der Waals surface area contributed by atoms with E-state index in [4.69, 9.17) is 5.73 Å². The van der Waals surface area contributed by atoms with Crippen LogP contribution in [-0.4, -0.2) is 35.6 Å². The zero-order valence-electron chi connectivity index (χ0n) is 12.8. The summed E-state index contributed by atoms with van der Waals surface area (Å²) in [5.74, 6) is 0.719. The minimum Gasteiger partial charge on any atom is -0.397 e. The Morgan fingerprint density at radius 2 is 2.24 bits per heavy atom. The van der Waals surface area contributed by atoms with Crippen LogP contribution in [0, 0.1) is 5.92 Å². The molecule has 1 aromatic carbocycles. The molecule has 1 aliphatic heterocycles. The molecular formula is C17H24N4. The molecule has 1 aliphatic rings. The second-order valence-corrected chi connectivity index (χ2v) is 6.23. The molecule has 0 aliphatic carbocycles. The molecule has 4 heteroatoms. The smallest absolute Gasteiger partial charge is 0.0951 e. The molecule has 0 radical (unpaired) electrons. The van der Waals surface area contributed by atoms with Crippen LogP contribution in [0.3, 0.4) is 0 Å². The van der Waals surface area contributed by atoms with Crippen LogP contribution in [0.25, 0.3) is 10.9 Å². The lowest BCUT2D eigenvalue weighted by Gasteiger charge is -2.20. The van der Waals surface area contributed by atoms with Gasteiger partial charge in [-0.3, -0.25) is 4.98 Å². The zero-order chi connectivity index (χ0) is 14.8. The van der Waals surface area contributed by atoms with Crippen molar-refractivity contribution in [1.29, 1.82) is 0 Å². The SMILES string of the molecule is CC(C)N1CCC(CNc2ccc(N)c3ncccc23)C1.